The molecule has 3 amide bonds. The average molecular weight is 514 g/mol. The largest absolute Gasteiger partial charge is 0.359 e. The maximum absolute atomic E-state index is 14.1. The molecule has 0 aromatic heterocycles. The second kappa shape index (κ2) is 9.70. The lowest BCUT2D eigenvalue weighted by molar-refractivity contribution is -0.142. The zero-order valence-corrected chi connectivity index (χ0v) is 22.0. The summed E-state index contributed by atoms with van der Waals surface area (Å²) < 4.78 is 6.47. The molecule has 198 valence electrons. The second-order valence-corrected chi connectivity index (χ2v) is 11.4. The molecule has 38 heavy (non-hydrogen) atoms. The molecule has 3 aliphatic heterocycles. The Morgan fingerprint density at radius 3 is 2.42 bits per heavy atom. The van der Waals surface area contributed by atoms with Gasteiger partial charge >= 0.3 is 0 Å². The van der Waals surface area contributed by atoms with Crippen molar-refractivity contribution in [1.29, 1.82) is 0 Å². The minimum absolute atomic E-state index is 0.103. The minimum atomic E-state index is -1.15. The highest BCUT2D eigenvalue weighted by Gasteiger charge is 2.72. The summed E-state index contributed by atoms with van der Waals surface area (Å²) in [4.78, 5) is 43.3. The van der Waals surface area contributed by atoms with Crippen LogP contribution in [0.3, 0.4) is 0 Å². The van der Waals surface area contributed by atoms with Crippen LogP contribution in [0.2, 0.25) is 0 Å². The van der Waals surface area contributed by atoms with Crippen LogP contribution in [0.5, 0.6) is 0 Å². The predicted molar refractivity (Wildman–Crippen MR) is 144 cm³/mol. The SMILES string of the molecule is Cc1cc(C)cc(NC(=O)[C@@H]2[C@@H]3C=C[C@]4(O3)[C@@H]2C(=O)N(Cc2ccccc2)[C@@H]4C(=O)NC2CCCCC2)c1. The fraction of sp³-hybridized carbons (Fsp3) is 0.452. The molecule has 2 aromatic rings. The van der Waals surface area contributed by atoms with Gasteiger partial charge in [0, 0.05) is 18.3 Å². The molecule has 2 bridgehead atoms. The van der Waals surface area contributed by atoms with Crippen LogP contribution < -0.4 is 10.6 Å². The number of anilines is 1. The van der Waals surface area contributed by atoms with Crippen LogP contribution in [-0.2, 0) is 25.7 Å². The normalized spacial score (nSPS) is 29.9. The number of carbonyl (C=O) groups is 3. The molecule has 5 atom stereocenters. The minimum Gasteiger partial charge on any atom is -0.359 e. The van der Waals surface area contributed by atoms with Crippen LogP contribution in [-0.4, -0.2) is 46.4 Å². The number of nitrogens with zero attached hydrogens (tertiary/aromatic N) is 1. The average Bonchev–Trinajstić information content (AvgIpc) is 3.52. The van der Waals surface area contributed by atoms with Crippen molar-refractivity contribution in [2.45, 2.75) is 76.3 Å². The number of amides is 3. The number of hydrogen-bond acceptors (Lipinski definition) is 4. The molecular formula is C31H35N3O4. The van der Waals surface area contributed by atoms with Crippen molar-refractivity contribution in [3.8, 4) is 0 Å². The number of nitrogens with one attached hydrogen (secondary N) is 2. The van der Waals surface area contributed by atoms with E-state index in [1.165, 1.54) is 6.42 Å². The highest BCUT2D eigenvalue weighted by atomic mass is 16.5. The molecule has 4 aliphatic rings. The van der Waals surface area contributed by atoms with Gasteiger partial charge in [0.15, 0.2) is 0 Å². The number of aryl methyl sites for hydroxylation is 2. The van der Waals surface area contributed by atoms with Crippen molar-refractivity contribution < 1.29 is 19.1 Å². The molecule has 1 aliphatic carbocycles. The van der Waals surface area contributed by atoms with Gasteiger partial charge in [0.1, 0.15) is 11.6 Å². The summed E-state index contributed by atoms with van der Waals surface area (Å²) in [7, 11) is 0. The second-order valence-electron chi connectivity index (χ2n) is 11.4. The molecule has 2 N–H and O–H groups in total. The monoisotopic (exact) mass is 513 g/mol. The Balaban J connectivity index is 1.32. The standard InChI is InChI=1S/C31H35N3O4/c1-19-15-20(2)17-23(16-19)33-28(35)25-24-13-14-31(38-24)26(25)30(37)34(18-21-9-5-3-6-10-21)27(31)29(36)32-22-11-7-4-8-12-22/h3,5-6,9-10,13-17,22,24-27H,4,7-8,11-12,18H2,1-2H3,(H,32,36)(H,33,35)/t24-,25+,26-,27+,31-/m0/s1. The maximum Gasteiger partial charge on any atom is 0.246 e. The van der Waals surface area contributed by atoms with Crippen LogP contribution in [0.1, 0.15) is 48.8 Å². The van der Waals surface area contributed by atoms with Gasteiger partial charge in [-0.3, -0.25) is 14.4 Å². The quantitative estimate of drug-likeness (QED) is 0.571. The molecule has 2 saturated heterocycles. The van der Waals surface area contributed by atoms with E-state index < -0.39 is 29.6 Å². The van der Waals surface area contributed by atoms with Crippen molar-refractivity contribution in [3.63, 3.8) is 0 Å². The Labute approximate surface area is 223 Å². The Hall–Kier alpha value is -3.45. The molecule has 3 heterocycles. The van der Waals surface area contributed by atoms with E-state index in [4.69, 9.17) is 4.74 Å². The summed E-state index contributed by atoms with van der Waals surface area (Å²) in [6.07, 6.45) is 8.46. The van der Waals surface area contributed by atoms with E-state index in [9.17, 15) is 14.4 Å². The van der Waals surface area contributed by atoms with Gasteiger partial charge in [-0.25, -0.2) is 0 Å². The lowest BCUT2D eigenvalue weighted by Crippen LogP contribution is -2.56. The molecule has 0 radical (unpaired) electrons. The third-order valence-electron chi connectivity index (χ3n) is 8.56. The van der Waals surface area contributed by atoms with Crippen molar-refractivity contribution in [2.75, 3.05) is 5.32 Å². The van der Waals surface area contributed by atoms with E-state index in [1.54, 1.807) is 4.90 Å². The number of fused-ring (bicyclic) bond motifs is 1. The highest BCUT2D eigenvalue weighted by molar-refractivity contribution is 6.02. The Kier molecular flexibility index (Phi) is 6.34. The first-order valence-electron chi connectivity index (χ1n) is 13.8. The third-order valence-corrected chi connectivity index (χ3v) is 8.56. The summed E-state index contributed by atoms with van der Waals surface area (Å²) in [6, 6.07) is 14.8. The van der Waals surface area contributed by atoms with Gasteiger partial charge in [-0.15, -0.1) is 0 Å². The molecule has 0 unspecified atom stereocenters. The number of hydrogen-bond donors (Lipinski definition) is 2. The third kappa shape index (κ3) is 4.23. The Bertz CT molecular complexity index is 1270. The zero-order valence-electron chi connectivity index (χ0n) is 22.0. The summed E-state index contributed by atoms with van der Waals surface area (Å²) in [6.45, 7) is 4.25. The first-order chi connectivity index (χ1) is 18.4. The van der Waals surface area contributed by atoms with Gasteiger partial charge in [0.2, 0.25) is 17.7 Å². The van der Waals surface area contributed by atoms with Crippen molar-refractivity contribution >= 4 is 23.4 Å². The summed E-state index contributed by atoms with van der Waals surface area (Å²) in [5.74, 6) is -2.11. The molecule has 7 nitrogen and oxygen atoms in total. The van der Waals surface area contributed by atoms with Crippen LogP contribution >= 0.6 is 0 Å². The molecule has 7 heteroatoms. The van der Waals surface area contributed by atoms with E-state index in [-0.39, 0.29) is 30.3 Å². The molecule has 1 saturated carbocycles. The van der Waals surface area contributed by atoms with E-state index in [1.807, 2.05) is 74.5 Å². The lowest BCUT2D eigenvalue weighted by atomic mass is 9.74. The number of rotatable bonds is 6. The number of ether oxygens (including phenoxy) is 1. The summed E-state index contributed by atoms with van der Waals surface area (Å²) in [5, 5.41) is 6.27. The topological polar surface area (TPSA) is 87.7 Å². The van der Waals surface area contributed by atoms with E-state index >= 15 is 0 Å². The van der Waals surface area contributed by atoms with Gasteiger partial charge in [-0.2, -0.15) is 0 Å². The van der Waals surface area contributed by atoms with E-state index in [2.05, 4.69) is 10.6 Å². The number of benzene rings is 2. The van der Waals surface area contributed by atoms with Crippen LogP contribution in [0.15, 0.2) is 60.7 Å². The smallest absolute Gasteiger partial charge is 0.246 e. The van der Waals surface area contributed by atoms with Gasteiger partial charge < -0.3 is 20.3 Å². The summed E-state index contributed by atoms with van der Waals surface area (Å²) in [5.41, 5.74) is 2.58. The van der Waals surface area contributed by atoms with Gasteiger partial charge in [-0.05, 0) is 55.5 Å². The fourth-order valence-corrected chi connectivity index (χ4v) is 7.02. The van der Waals surface area contributed by atoms with Gasteiger partial charge in [0.25, 0.3) is 0 Å². The molecule has 3 fully saturated rings. The van der Waals surface area contributed by atoms with Crippen molar-refractivity contribution in [2.24, 2.45) is 11.8 Å². The molecule has 6 rings (SSSR count). The van der Waals surface area contributed by atoms with Crippen molar-refractivity contribution in [3.05, 3.63) is 77.4 Å². The molecular weight excluding hydrogens is 478 g/mol. The first-order valence-corrected chi connectivity index (χ1v) is 13.8. The van der Waals surface area contributed by atoms with E-state index in [0.29, 0.717) is 5.69 Å². The maximum atomic E-state index is 14.1. The summed E-state index contributed by atoms with van der Waals surface area (Å²) >= 11 is 0. The van der Waals surface area contributed by atoms with Crippen LogP contribution in [0, 0.1) is 25.7 Å². The molecule has 2 aromatic carbocycles. The number of likely N-dealkylation sites (tertiary alicyclic amines) is 1. The fourth-order valence-electron chi connectivity index (χ4n) is 7.02. The van der Waals surface area contributed by atoms with Crippen LogP contribution in [0.4, 0.5) is 5.69 Å². The predicted octanol–water partition coefficient (Wildman–Crippen LogP) is 4.04. The first kappa shape index (κ1) is 24.9. The lowest BCUT2D eigenvalue weighted by Gasteiger charge is -2.34. The van der Waals surface area contributed by atoms with E-state index in [0.717, 1.165) is 42.4 Å². The highest BCUT2D eigenvalue weighted by Crippen LogP contribution is 2.55. The van der Waals surface area contributed by atoms with Crippen molar-refractivity contribution in [1.82, 2.24) is 10.2 Å². The zero-order chi connectivity index (χ0) is 26.4. The van der Waals surface area contributed by atoms with Gasteiger partial charge in [0.05, 0.1) is 17.9 Å². The van der Waals surface area contributed by atoms with Gasteiger partial charge in [-0.1, -0.05) is 67.8 Å². The van der Waals surface area contributed by atoms with Crippen LogP contribution in [0.25, 0.3) is 0 Å². The Morgan fingerprint density at radius 1 is 1.00 bits per heavy atom. The Morgan fingerprint density at radius 2 is 1.71 bits per heavy atom. The molecule has 1 spiro atoms. The number of carbonyl (C=O) groups excluding carboxylic acids is 3.